The van der Waals surface area contributed by atoms with Crippen LogP contribution in [0.25, 0.3) is 0 Å². The van der Waals surface area contributed by atoms with E-state index in [1.165, 1.54) is 4.91 Å². The second kappa shape index (κ2) is 6.13. The van der Waals surface area contributed by atoms with E-state index < -0.39 is 17.7 Å². The number of hydrogen-bond acceptors (Lipinski definition) is 4. The van der Waals surface area contributed by atoms with Gasteiger partial charge >= 0.3 is 6.09 Å². The number of carbonyl (C=O) groups is 2. The van der Waals surface area contributed by atoms with Crippen molar-refractivity contribution < 1.29 is 17.2 Å². The Labute approximate surface area is 132 Å². The maximum atomic E-state index is 12.2. The zero-order valence-corrected chi connectivity index (χ0v) is 13.7. The number of alkyl carbamates (subject to hydrolysis) is 1. The number of hydrogen-bond donors (Lipinski definition) is 2. The third kappa shape index (κ3) is 4.52. The highest BCUT2D eigenvalue weighted by molar-refractivity contribution is 8.03. The highest BCUT2D eigenvalue weighted by Gasteiger charge is 2.29. The fourth-order valence-electron chi connectivity index (χ4n) is 2.11. The van der Waals surface area contributed by atoms with Crippen molar-refractivity contribution in [3.8, 4) is 0 Å². The van der Waals surface area contributed by atoms with E-state index >= 15 is 0 Å². The van der Waals surface area contributed by atoms with Gasteiger partial charge in [-0.05, 0) is 39.2 Å². The first kappa shape index (κ1) is 15.9. The normalized spacial score (nSPS) is 25.8. The smallest absolute Gasteiger partial charge is 0.408 e. The summed E-state index contributed by atoms with van der Waals surface area (Å²) < 4.78 is 5.20. The number of nitrogens with one attached hydrogen (secondary N) is 2. The predicted octanol–water partition coefficient (Wildman–Crippen LogP) is 3.04. The van der Waals surface area contributed by atoms with Gasteiger partial charge in [-0.1, -0.05) is 13.0 Å². The first-order valence-electron chi connectivity index (χ1n) is 7.09. The van der Waals surface area contributed by atoms with E-state index in [1.54, 1.807) is 32.5 Å². The first-order chi connectivity index (χ1) is 9.74. The van der Waals surface area contributed by atoms with Crippen LogP contribution in [0, 0.1) is 5.92 Å². The lowest BCUT2D eigenvalue weighted by atomic mass is 10.0. The van der Waals surface area contributed by atoms with Crippen molar-refractivity contribution in [1.82, 2.24) is 10.6 Å². The van der Waals surface area contributed by atoms with E-state index in [0.29, 0.717) is 11.7 Å². The molecule has 1 heterocycles. The molecule has 2 rings (SSSR count). The van der Waals surface area contributed by atoms with Crippen LogP contribution in [0.15, 0.2) is 22.8 Å². The Morgan fingerprint density at radius 3 is 2.90 bits per heavy atom. The lowest BCUT2D eigenvalue weighted by Gasteiger charge is -2.22. The molecule has 120 valence electrons. The van der Waals surface area contributed by atoms with Crippen LogP contribution in [0.5, 0.6) is 0 Å². The lowest BCUT2D eigenvalue weighted by molar-refractivity contribution is -0.121. The average molecular weight is 314 g/mol. The fourth-order valence-corrected chi connectivity index (χ4v) is 3.37. The molecule has 6 heteroatoms. The van der Waals surface area contributed by atoms with Crippen LogP contribution < -0.4 is 10.6 Å². The van der Waals surface area contributed by atoms with Crippen molar-refractivity contribution in [2.24, 2.45) is 5.92 Å². The summed E-state index contributed by atoms with van der Waals surface area (Å²) >= 11 is 1.62. The van der Waals surface area contributed by atoms with Gasteiger partial charge in [-0.2, -0.15) is 0 Å². The third-order valence-electron chi connectivity index (χ3n) is 3.09. The minimum absolute atomic E-state index is 0. The van der Waals surface area contributed by atoms with Gasteiger partial charge in [0.1, 0.15) is 11.6 Å². The zero-order valence-electron chi connectivity index (χ0n) is 12.9. The molecule has 5 nitrogen and oxygen atoms in total. The zero-order chi connectivity index (χ0) is 15.6. The molecular weight excluding hydrogens is 288 g/mol. The van der Waals surface area contributed by atoms with Crippen molar-refractivity contribution in [2.75, 3.05) is 5.75 Å². The summed E-state index contributed by atoms with van der Waals surface area (Å²) in [5.74, 6) is 0.797. The molecule has 2 atom stereocenters. The lowest BCUT2D eigenvalue weighted by Crippen LogP contribution is -2.48. The quantitative estimate of drug-likeness (QED) is 0.780. The van der Waals surface area contributed by atoms with E-state index in [9.17, 15) is 9.59 Å². The van der Waals surface area contributed by atoms with Crippen molar-refractivity contribution in [3.05, 3.63) is 22.8 Å². The molecule has 1 aliphatic heterocycles. The monoisotopic (exact) mass is 314 g/mol. The Morgan fingerprint density at radius 2 is 2.24 bits per heavy atom. The maximum Gasteiger partial charge on any atom is 0.408 e. The summed E-state index contributed by atoms with van der Waals surface area (Å²) in [4.78, 5) is 25.2. The molecule has 0 aromatic rings. The molecule has 2 amide bonds. The van der Waals surface area contributed by atoms with Gasteiger partial charge in [0, 0.05) is 13.5 Å². The van der Waals surface area contributed by atoms with Crippen molar-refractivity contribution in [2.45, 2.75) is 45.8 Å². The largest absolute Gasteiger partial charge is 0.444 e. The molecule has 0 fully saturated rings. The van der Waals surface area contributed by atoms with Crippen LogP contribution in [0.4, 0.5) is 4.79 Å². The molecule has 2 unspecified atom stereocenters. The topological polar surface area (TPSA) is 67.4 Å². The van der Waals surface area contributed by atoms with Crippen molar-refractivity contribution in [1.29, 1.82) is 0 Å². The van der Waals surface area contributed by atoms with Crippen molar-refractivity contribution >= 4 is 23.8 Å². The molecule has 1 aliphatic carbocycles. The number of amides is 2. The molecule has 0 aromatic carbocycles. The molecule has 0 saturated carbocycles. The summed E-state index contributed by atoms with van der Waals surface area (Å²) in [5, 5.41) is 5.52. The molecule has 0 radical (unpaired) electrons. The minimum Gasteiger partial charge on any atom is -0.444 e. The molecule has 0 aromatic heterocycles. The van der Waals surface area contributed by atoms with Crippen LogP contribution in [0.1, 0.15) is 37.0 Å². The highest BCUT2D eigenvalue weighted by atomic mass is 32.2. The molecule has 0 saturated heterocycles. The molecule has 2 aliphatic rings. The number of carbonyl (C=O) groups excluding carboxylic acids is 2. The van der Waals surface area contributed by atoms with E-state index in [4.69, 9.17) is 4.74 Å². The van der Waals surface area contributed by atoms with Gasteiger partial charge in [-0.15, -0.1) is 11.8 Å². The third-order valence-corrected chi connectivity index (χ3v) is 4.32. The Hall–Kier alpha value is -1.43. The standard InChI is InChI=1S/C15H22N2O3S.2H2/c1-9-5-6-10-12(7-9)21-8-11(13(18)16-10)17-14(19)20-15(2,3)4;;/h5-6,9,11H,7-8H2,1-4H3,(H,16,18)(H,17,19);2*1H. The number of ether oxygens (including phenoxy) is 1. The fraction of sp³-hybridized carbons (Fsp3) is 0.600. The van der Waals surface area contributed by atoms with Gasteiger partial charge in [-0.25, -0.2) is 4.79 Å². The first-order valence-corrected chi connectivity index (χ1v) is 8.07. The Kier molecular flexibility index (Phi) is 4.66. The SMILES string of the molecule is CC1C=CC2=C(C1)SCC(NC(=O)OC(C)(C)C)C(=O)N2.[HH].[HH]. The van der Waals surface area contributed by atoms with Gasteiger partial charge < -0.3 is 15.4 Å². The minimum atomic E-state index is -0.584. The summed E-state index contributed by atoms with van der Waals surface area (Å²) in [5.41, 5.74) is 0.283. The molecule has 0 spiro atoms. The molecule has 0 bridgehead atoms. The van der Waals surface area contributed by atoms with Crippen molar-refractivity contribution in [3.63, 3.8) is 0 Å². The van der Waals surface area contributed by atoms with Crippen LogP contribution in [-0.2, 0) is 9.53 Å². The Bertz CT molecular complexity index is 515. The molecule has 2 N–H and O–H groups in total. The highest BCUT2D eigenvalue weighted by Crippen LogP contribution is 2.33. The van der Waals surface area contributed by atoms with Crippen LogP contribution in [0.2, 0.25) is 0 Å². The van der Waals surface area contributed by atoms with Gasteiger partial charge in [0.2, 0.25) is 5.91 Å². The molecule has 21 heavy (non-hydrogen) atoms. The van der Waals surface area contributed by atoms with Gasteiger partial charge in [0.25, 0.3) is 0 Å². The van der Waals surface area contributed by atoms with Gasteiger partial charge in [0.05, 0.1) is 5.70 Å². The summed E-state index contributed by atoms with van der Waals surface area (Å²) in [6, 6.07) is -0.584. The van der Waals surface area contributed by atoms with E-state index in [2.05, 4.69) is 23.6 Å². The van der Waals surface area contributed by atoms with E-state index in [0.717, 1.165) is 12.1 Å². The Balaban J connectivity index is 0.00000242. The molecular formula is C15H26N2O3S. The summed E-state index contributed by atoms with van der Waals surface area (Å²) in [6.45, 7) is 7.52. The number of thioether (sulfide) groups is 1. The summed E-state index contributed by atoms with van der Waals surface area (Å²) in [6.07, 6.45) is 4.40. The van der Waals surface area contributed by atoms with Gasteiger partial charge in [-0.3, -0.25) is 4.79 Å². The second-order valence-corrected chi connectivity index (χ2v) is 7.49. The van der Waals surface area contributed by atoms with Crippen LogP contribution in [0.3, 0.4) is 0 Å². The second-order valence-electron chi connectivity index (χ2n) is 6.38. The summed E-state index contributed by atoms with van der Waals surface area (Å²) in [7, 11) is 0. The average Bonchev–Trinajstić information content (AvgIpc) is 2.48. The number of rotatable bonds is 1. The van der Waals surface area contributed by atoms with Crippen LogP contribution in [-0.4, -0.2) is 29.4 Å². The number of allylic oxidation sites excluding steroid dienone is 3. The predicted molar refractivity (Wildman–Crippen MR) is 87.9 cm³/mol. The van der Waals surface area contributed by atoms with E-state index in [1.807, 2.05) is 6.08 Å². The maximum absolute atomic E-state index is 12.2. The Morgan fingerprint density at radius 1 is 1.52 bits per heavy atom. The van der Waals surface area contributed by atoms with E-state index in [-0.39, 0.29) is 8.76 Å². The van der Waals surface area contributed by atoms with Crippen LogP contribution >= 0.6 is 11.8 Å². The van der Waals surface area contributed by atoms with Gasteiger partial charge in [0.15, 0.2) is 0 Å².